The maximum Gasteiger partial charge on any atom is 0.320 e. The second-order valence-corrected chi connectivity index (χ2v) is 7.47. The van der Waals surface area contributed by atoms with Crippen molar-refractivity contribution in [2.24, 2.45) is 0 Å². The molecule has 0 aromatic carbocycles. The van der Waals surface area contributed by atoms with Gasteiger partial charge in [0.05, 0.1) is 4.88 Å². The molecule has 0 unspecified atom stereocenters. The van der Waals surface area contributed by atoms with E-state index < -0.39 is 0 Å². The molecule has 86 valence electrons. The van der Waals surface area contributed by atoms with Gasteiger partial charge in [-0.15, -0.1) is 0 Å². The lowest BCUT2D eigenvalue weighted by Crippen LogP contribution is -2.16. The number of hydrogen-bond acceptors (Lipinski definition) is 4. The summed E-state index contributed by atoms with van der Waals surface area (Å²) in [4.78, 5) is 12.3. The van der Waals surface area contributed by atoms with Gasteiger partial charge in [-0.25, -0.2) is 3.97 Å². The van der Waals surface area contributed by atoms with Crippen LogP contribution < -0.4 is 4.87 Å². The third kappa shape index (κ3) is 3.01. The van der Waals surface area contributed by atoms with E-state index in [9.17, 15) is 9.90 Å². The van der Waals surface area contributed by atoms with Crippen molar-refractivity contribution in [3.05, 3.63) is 14.5 Å². The fourth-order valence-corrected chi connectivity index (χ4v) is 2.96. The first-order valence-corrected chi connectivity index (χ1v) is 6.45. The molecule has 3 nitrogen and oxygen atoms in total. The quantitative estimate of drug-likeness (QED) is 0.873. The van der Waals surface area contributed by atoms with Gasteiger partial charge >= 0.3 is 4.87 Å². The highest BCUT2D eigenvalue weighted by atomic mass is 32.2. The van der Waals surface area contributed by atoms with E-state index in [-0.39, 0.29) is 21.4 Å². The van der Waals surface area contributed by atoms with Crippen LogP contribution in [0, 0.1) is 0 Å². The van der Waals surface area contributed by atoms with Crippen molar-refractivity contribution in [3.63, 3.8) is 0 Å². The van der Waals surface area contributed by atoms with Gasteiger partial charge in [-0.3, -0.25) is 4.79 Å². The van der Waals surface area contributed by atoms with Crippen molar-refractivity contribution in [3.8, 4) is 5.88 Å². The number of nitrogens with zero attached hydrogens (tertiary/aromatic N) is 1. The monoisotopic (exact) mass is 247 g/mol. The minimum Gasteiger partial charge on any atom is -0.493 e. The Morgan fingerprint density at radius 3 is 2.27 bits per heavy atom. The summed E-state index contributed by atoms with van der Waals surface area (Å²) in [7, 11) is 0. The zero-order valence-electron chi connectivity index (χ0n) is 9.70. The Kier molecular flexibility index (Phi) is 3.55. The molecule has 1 rings (SSSR count). The number of rotatable bonds is 2. The molecule has 1 heterocycles. The van der Waals surface area contributed by atoms with Gasteiger partial charge in [-0.2, -0.15) is 0 Å². The van der Waals surface area contributed by atoms with E-state index in [1.54, 1.807) is 0 Å². The third-order valence-corrected chi connectivity index (χ3v) is 4.08. The lowest BCUT2D eigenvalue weighted by molar-refractivity contribution is 0.441. The first-order valence-electron chi connectivity index (χ1n) is 4.86. The molecule has 0 bridgehead atoms. The molecule has 1 aromatic heterocycles. The first kappa shape index (κ1) is 12.6. The maximum absolute atomic E-state index is 11.6. The molecule has 0 aliphatic carbocycles. The summed E-state index contributed by atoms with van der Waals surface area (Å²) in [6, 6.07) is 0. The summed E-state index contributed by atoms with van der Waals surface area (Å²) >= 11 is 2.48. The van der Waals surface area contributed by atoms with Crippen LogP contribution in [0.1, 0.15) is 45.4 Å². The Morgan fingerprint density at radius 2 is 1.93 bits per heavy atom. The predicted molar refractivity (Wildman–Crippen MR) is 67.1 cm³/mol. The van der Waals surface area contributed by atoms with Gasteiger partial charge in [0.2, 0.25) is 5.88 Å². The van der Waals surface area contributed by atoms with Crippen LogP contribution in [0.5, 0.6) is 5.88 Å². The summed E-state index contributed by atoms with van der Waals surface area (Å²) in [5, 5.41) is 9.90. The molecule has 5 heteroatoms. The van der Waals surface area contributed by atoms with Crippen LogP contribution in [0.25, 0.3) is 0 Å². The molecule has 0 aliphatic rings. The van der Waals surface area contributed by atoms with E-state index in [2.05, 4.69) is 0 Å². The Balaban J connectivity index is 3.15. The van der Waals surface area contributed by atoms with Crippen LogP contribution in [-0.2, 0) is 0 Å². The van der Waals surface area contributed by atoms with Crippen LogP contribution >= 0.6 is 23.3 Å². The summed E-state index contributed by atoms with van der Waals surface area (Å²) < 4.78 is 1.30. The van der Waals surface area contributed by atoms with E-state index in [1.807, 2.05) is 34.6 Å². The molecule has 0 spiro atoms. The highest BCUT2D eigenvalue weighted by molar-refractivity contribution is 7.99. The van der Waals surface area contributed by atoms with Crippen LogP contribution in [0.2, 0.25) is 0 Å². The lowest BCUT2D eigenvalue weighted by Gasteiger charge is -2.17. The topological polar surface area (TPSA) is 42.2 Å². The summed E-state index contributed by atoms with van der Waals surface area (Å²) in [5.41, 5.74) is 0. The van der Waals surface area contributed by atoms with Gasteiger partial charge in [0.15, 0.2) is 0 Å². The van der Waals surface area contributed by atoms with Gasteiger partial charge in [0, 0.05) is 4.75 Å². The molecule has 1 aromatic rings. The Hall–Kier alpha value is -0.420. The summed E-state index contributed by atoms with van der Waals surface area (Å²) in [6.45, 7) is 9.97. The minimum atomic E-state index is -0.101. The molecule has 0 amide bonds. The largest absolute Gasteiger partial charge is 0.493 e. The van der Waals surface area contributed by atoms with Crippen molar-refractivity contribution < 1.29 is 5.11 Å². The van der Waals surface area contributed by atoms with Crippen molar-refractivity contribution in [1.82, 2.24) is 3.97 Å². The van der Waals surface area contributed by atoms with E-state index in [1.165, 1.54) is 15.9 Å². The average Bonchev–Trinajstić information content (AvgIpc) is 2.29. The zero-order valence-corrected chi connectivity index (χ0v) is 11.3. The maximum atomic E-state index is 11.6. The van der Waals surface area contributed by atoms with Gasteiger partial charge in [-0.05, 0) is 38.6 Å². The summed E-state index contributed by atoms with van der Waals surface area (Å²) in [6.07, 6.45) is 0. The van der Waals surface area contributed by atoms with Gasteiger partial charge in [0.1, 0.15) is 0 Å². The average molecular weight is 247 g/mol. The fraction of sp³-hybridized carbons (Fsp3) is 0.700. The van der Waals surface area contributed by atoms with E-state index in [4.69, 9.17) is 0 Å². The molecule has 0 atom stereocenters. The Labute approximate surface area is 98.3 Å². The molecule has 0 saturated heterocycles. The molecule has 1 N–H and O–H groups in total. The van der Waals surface area contributed by atoms with Crippen LogP contribution in [-0.4, -0.2) is 13.8 Å². The third-order valence-electron chi connectivity index (χ3n) is 1.67. The zero-order chi connectivity index (χ0) is 11.8. The second kappa shape index (κ2) is 4.22. The van der Waals surface area contributed by atoms with Crippen molar-refractivity contribution in [2.75, 3.05) is 0 Å². The first-order chi connectivity index (χ1) is 6.72. The molecular weight excluding hydrogens is 230 g/mol. The van der Waals surface area contributed by atoms with Gasteiger partial charge < -0.3 is 5.11 Å². The Bertz CT molecular complexity index is 399. The van der Waals surface area contributed by atoms with E-state index in [0.29, 0.717) is 0 Å². The highest BCUT2D eigenvalue weighted by Crippen LogP contribution is 2.34. The number of thiazole rings is 1. The standard InChI is InChI=1S/C10H17NO2S2/c1-6(2)7-8(12)11(9(13)14-7)15-10(3,4)5/h6,12H,1-5H3. The Morgan fingerprint density at radius 1 is 1.40 bits per heavy atom. The highest BCUT2D eigenvalue weighted by Gasteiger charge is 2.21. The van der Waals surface area contributed by atoms with Gasteiger partial charge in [-0.1, -0.05) is 25.2 Å². The van der Waals surface area contributed by atoms with E-state index in [0.717, 1.165) is 16.2 Å². The van der Waals surface area contributed by atoms with Crippen LogP contribution in [0.15, 0.2) is 4.79 Å². The fourth-order valence-electron chi connectivity index (χ4n) is 1.10. The molecule has 0 saturated carbocycles. The van der Waals surface area contributed by atoms with Gasteiger partial charge in [0.25, 0.3) is 0 Å². The van der Waals surface area contributed by atoms with Crippen molar-refractivity contribution in [2.45, 2.75) is 45.3 Å². The number of aromatic nitrogens is 1. The summed E-state index contributed by atoms with van der Waals surface area (Å²) in [5.74, 6) is 0.296. The normalized spacial score (nSPS) is 12.4. The van der Waals surface area contributed by atoms with Crippen LogP contribution in [0.4, 0.5) is 0 Å². The predicted octanol–water partition coefficient (Wildman–Crippen LogP) is 3.03. The van der Waals surface area contributed by atoms with E-state index >= 15 is 0 Å². The van der Waals surface area contributed by atoms with Crippen molar-refractivity contribution >= 4 is 23.3 Å². The molecule has 0 aliphatic heterocycles. The van der Waals surface area contributed by atoms with Crippen LogP contribution in [0.3, 0.4) is 0 Å². The second-order valence-electron chi connectivity index (χ2n) is 4.71. The molecule has 0 radical (unpaired) electrons. The van der Waals surface area contributed by atoms with Crippen molar-refractivity contribution in [1.29, 1.82) is 0 Å². The number of aromatic hydroxyl groups is 1. The molecular formula is C10H17NO2S2. The lowest BCUT2D eigenvalue weighted by atomic mass is 10.2. The smallest absolute Gasteiger partial charge is 0.320 e. The molecule has 15 heavy (non-hydrogen) atoms. The SMILES string of the molecule is CC(C)c1sc(=O)n(SC(C)(C)C)c1O. The number of hydrogen-bond donors (Lipinski definition) is 1. The minimum absolute atomic E-state index is 0.0867. The molecule has 0 fully saturated rings.